The van der Waals surface area contributed by atoms with E-state index in [9.17, 15) is 37.9 Å². The first kappa shape index (κ1) is 30.0. The van der Waals surface area contributed by atoms with Crippen molar-refractivity contribution in [2.75, 3.05) is 4.90 Å². The number of aromatic hydroxyl groups is 1. The minimum absolute atomic E-state index is 0.0240. The molecule has 0 bridgehead atoms. The predicted molar refractivity (Wildman–Crippen MR) is 155 cm³/mol. The number of amides is 4. The molecule has 4 aliphatic rings. The van der Waals surface area contributed by atoms with E-state index >= 15 is 4.79 Å². The number of halogens is 4. The Kier molecular flexibility index (Phi) is 6.80. The highest BCUT2D eigenvalue weighted by atomic mass is 35.5. The molecule has 6 atom stereocenters. The highest BCUT2D eigenvalue weighted by Crippen LogP contribution is 2.65. The first-order chi connectivity index (χ1) is 21.8. The summed E-state index contributed by atoms with van der Waals surface area (Å²) in [7, 11) is 0. The Morgan fingerprint density at radius 2 is 1.63 bits per heavy atom. The van der Waals surface area contributed by atoms with Crippen LogP contribution in [0.25, 0.3) is 0 Å². The van der Waals surface area contributed by atoms with Gasteiger partial charge < -0.3 is 9.84 Å². The number of alkyl halides is 3. The lowest BCUT2D eigenvalue weighted by atomic mass is 9.49. The zero-order chi connectivity index (χ0) is 32.7. The van der Waals surface area contributed by atoms with Crippen molar-refractivity contribution >= 4 is 40.9 Å². The third kappa shape index (κ3) is 4.27. The fourth-order valence-corrected chi connectivity index (χ4v) is 8.22. The lowest BCUT2D eigenvalue weighted by molar-refractivity contribution is -0.274. The first-order valence-electron chi connectivity index (χ1n) is 14.4. The number of carbonyl (C=O) groups is 4. The Labute approximate surface area is 264 Å². The van der Waals surface area contributed by atoms with Crippen LogP contribution in [0.15, 0.2) is 84.4 Å². The first-order valence-corrected chi connectivity index (χ1v) is 14.8. The summed E-state index contributed by atoms with van der Waals surface area (Å²) < 4.78 is 44.3. The summed E-state index contributed by atoms with van der Waals surface area (Å²) >= 11 is 6.25. The minimum Gasteiger partial charge on any atom is -0.508 e. The molecule has 3 fully saturated rings. The van der Waals surface area contributed by atoms with Crippen LogP contribution in [0.2, 0.25) is 5.02 Å². The number of rotatable bonds is 4. The third-order valence-electron chi connectivity index (χ3n) is 9.69. The van der Waals surface area contributed by atoms with Crippen molar-refractivity contribution in [2.45, 2.75) is 30.5 Å². The summed E-state index contributed by atoms with van der Waals surface area (Å²) in [4.78, 5) is 56.7. The van der Waals surface area contributed by atoms with Crippen molar-refractivity contribution in [3.05, 3.63) is 101 Å². The Balaban J connectivity index is 1.53. The lowest BCUT2D eigenvalue weighted by Gasteiger charge is -2.50. The number of anilines is 1. The SMILES string of the molecule is O=C1C2CC=C3C(CC4C(=O)N(c5cccc(Cl)c5)C(=O)C4(c4ccccc4)C3c3cc(OC(F)(F)F)ccc3O)C2C(=O)N1O. The number of nitrogens with zero attached hydrogens (tertiary/aromatic N) is 2. The second-order valence-corrected chi connectivity index (χ2v) is 12.3. The van der Waals surface area contributed by atoms with Gasteiger partial charge in [0.15, 0.2) is 0 Å². The van der Waals surface area contributed by atoms with Crippen LogP contribution >= 0.6 is 11.6 Å². The lowest BCUT2D eigenvalue weighted by Crippen LogP contribution is -2.53. The van der Waals surface area contributed by atoms with Crippen LogP contribution in [0, 0.1) is 23.7 Å². The predicted octanol–water partition coefficient (Wildman–Crippen LogP) is 5.50. The van der Waals surface area contributed by atoms with Gasteiger partial charge in [0.25, 0.3) is 11.8 Å². The molecule has 2 saturated heterocycles. The van der Waals surface area contributed by atoms with Crippen LogP contribution in [0.1, 0.15) is 29.9 Å². The molecule has 7 rings (SSSR count). The summed E-state index contributed by atoms with van der Waals surface area (Å²) in [6, 6.07) is 17.3. The van der Waals surface area contributed by atoms with Crippen LogP contribution in [-0.2, 0) is 24.6 Å². The van der Waals surface area contributed by atoms with Gasteiger partial charge in [-0.2, -0.15) is 5.06 Å². The molecular formula is C33H24ClF3N2O7. The number of fused-ring (bicyclic) bond motifs is 4. The van der Waals surface area contributed by atoms with E-state index in [1.807, 2.05) is 0 Å². The quantitative estimate of drug-likeness (QED) is 0.217. The van der Waals surface area contributed by atoms with Crippen molar-refractivity contribution in [1.82, 2.24) is 5.06 Å². The Morgan fingerprint density at radius 1 is 0.891 bits per heavy atom. The molecule has 4 amide bonds. The Morgan fingerprint density at radius 3 is 2.33 bits per heavy atom. The van der Waals surface area contributed by atoms with E-state index in [1.54, 1.807) is 48.5 Å². The number of hydrogen-bond acceptors (Lipinski definition) is 7. The van der Waals surface area contributed by atoms with E-state index in [2.05, 4.69) is 4.74 Å². The molecule has 6 unspecified atom stereocenters. The standard InChI is InChI=1S/C33H24ClF3N2O7/c34-17-7-4-8-18(13-17)38-29(42)24-15-22-20(10-11-21-26(22)30(43)39(45)28(21)41)27(32(24,31(38)44)16-5-2-1-3-6-16)23-14-19(9-12-25(23)40)46-33(35,36)37/h1-10,12-14,21-22,24,26-27,40,45H,11,15H2. The topological polar surface area (TPSA) is 124 Å². The second kappa shape index (κ2) is 10.4. The van der Waals surface area contributed by atoms with Crippen LogP contribution < -0.4 is 9.64 Å². The smallest absolute Gasteiger partial charge is 0.508 e. The maximum Gasteiger partial charge on any atom is 0.573 e. The van der Waals surface area contributed by atoms with E-state index < -0.39 is 76.5 Å². The van der Waals surface area contributed by atoms with Crippen LogP contribution in [0.3, 0.4) is 0 Å². The van der Waals surface area contributed by atoms with Crippen LogP contribution in [-0.4, -0.2) is 45.4 Å². The van der Waals surface area contributed by atoms with Crippen molar-refractivity contribution in [3.8, 4) is 11.5 Å². The molecule has 236 valence electrons. The second-order valence-electron chi connectivity index (χ2n) is 11.9. The highest BCUT2D eigenvalue weighted by molar-refractivity contribution is 6.32. The zero-order valence-electron chi connectivity index (χ0n) is 23.6. The zero-order valence-corrected chi connectivity index (χ0v) is 24.4. The van der Waals surface area contributed by atoms with Crippen LogP contribution in [0.5, 0.6) is 11.5 Å². The van der Waals surface area contributed by atoms with Gasteiger partial charge in [0.1, 0.15) is 11.5 Å². The number of phenolic OH excluding ortho intramolecular Hbond substituents is 1. The summed E-state index contributed by atoms with van der Waals surface area (Å²) in [6.07, 6.45) is -3.57. The van der Waals surface area contributed by atoms with Gasteiger partial charge in [0, 0.05) is 16.5 Å². The highest BCUT2D eigenvalue weighted by Gasteiger charge is 2.70. The molecule has 0 aromatic heterocycles. The minimum atomic E-state index is -5.08. The van der Waals surface area contributed by atoms with E-state index in [0.717, 1.165) is 23.1 Å². The number of ether oxygens (including phenoxy) is 1. The molecule has 0 radical (unpaired) electrons. The molecule has 9 nitrogen and oxygen atoms in total. The van der Waals surface area contributed by atoms with Gasteiger partial charge in [-0.05, 0) is 60.7 Å². The van der Waals surface area contributed by atoms with Crippen molar-refractivity contribution in [2.24, 2.45) is 23.7 Å². The normalized spacial score (nSPS) is 29.0. The number of hydrogen-bond donors (Lipinski definition) is 2. The number of hydroxylamine groups is 2. The van der Waals surface area contributed by atoms with E-state index in [1.165, 1.54) is 12.1 Å². The number of allylic oxidation sites excluding steroid dienone is 2. The molecule has 2 heterocycles. The molecule has 2 N–H and O–H groups in total. The summed E-state index contributed by atoms with van der Waals surface area (Å²) in [5.41, 5.74) is -1.07. The van der Waals surface area contributed by atoms with Gasteiger partial charge >= 0.3 is 6.36 Å². The van der Waals surface area contributed by atoms with Gasteiger partial charge in [-0.15, -0.1) is 13.2 Å². The molecular weight excluding hydrogens is 629 g/mol. The molecule has 3 aromatic carbocycles. The van der Waals surface area contributed by atoms with Gasteiger partial charge in [-0.1, -0.05) is 59.6 Å². The largest absolute Gasteiger partial charge is 0.573 e. The van der Waals surface area contributed by atoms with E-state index in [4.69, 9.17) is 11.6 Å². The molecule has 13 heteroatoms. The fourth-order valence-electron chi connectivity index (χ4n) is 8.03. The maximum atomic E-state index is 15.0. The molecule has 46 heavy (non-hydrogen) atoms. The Hall–Kier alpha value is -4.68. The molecule has 3 aromatic rings. The average molecular weight is 653 g/mol. The Bertz CT molecular complexity index is 1850. The van der Waals surface area contributed by atoms with E-state index in [0.29, 0.717) is 11.1 Å². The number of imide groups is 2. The van der Waals surface area contributed by atoms with Gasteiger partial charge in [-0.25, -0.2) is 4.90 Å². The number of benzene rings is 3. The van der Waals surface area contributed by atoms with Gasteiger partial charge in [0.2, 0.25) is 11.8 Å². The number of carbonyl (C=O) groups excluding carboxylic acids is 4. The molecule has 0 spiro atoms. The molecule has 2 aliphatic heterocycles. The molecule has 1 saturated carbocycles. The van der Waals surface area contributed by atoms with Crippen molar-refractivity contribution in [1.29, 1.82) is 0 Å². The number of phenols is 1. The summed E-state index contributed by atoms with van der Waals surface area (Å²) in [5.74, 6) is -9.63. The summed E-state index contributed by atoms with van der Waals surface area (Å²) in [5, 5.41) is 21.9. The van der Waals surface area contributed by atoms with Gasteiger partial charge in [0.05, 0.1) is 28.9 Å². The average Bonchev–Trinajstić information content (AvgIpc) is 3.38. The monoisotopic (exact) mass is 652 g/mol. The third-order valence-corrected chi connectivity index (χ3v) is 9.92. The molecule has 2 aliphatic carbocycles. The van der Waals surface area contributed by atoms with Crippen molar-refractivity contribution < 1.29 is 47.4 Å². The van der Waals surface area contributed by atoms with Crippen LogP contribution in [0.4, 0.5) is 18.9 Å². The van der Waals surface area contributed by atoms with E-state index in [-0.39, 0.29) is 34.2 Å². The fraction of sp³-hybridized carbons (Fsp3) is 0.273. The summed E-state index contributed by atoms with van der Waals surface area (Å²) in [6.45, 7) is 0. The maximum absolute atomic E-state index is 15.0. The van der Waals surface area contributed by atoms with Crippen molar-refractivity contribution in [3.63, 3.8) is 0 Å². The van der Waals surface area contributed by atoms with Gasteiger partial charge in [-0.3, -0.25) is 24.4 Å².